The van der Waals surface area contributed by atoms with Crippen LogP contribution in [0.25, 0.3) is 0 Å². The minimum atomic E-state index is -0.259. The number of carbonyl (C=O) groups excluding carboxylic acids is 1. The third kappa shape index (κ3) is 2.00. The lowest BCUT2D eigenvalue weighted by atomic mass is 10.0. The molecule has 2 N–H and O–H groups in total. The van der Waals surface area contributed by atoms with Gasteiger partial charge in [0.25, 0.3) is 0 Å². The highest BCUT2D eigenvalue weighted by molar-refractivity contribution is 5.72. The van der Waals surface area contributed by atoms with Crippen molar-refractivity contribution in [1.82, 2.24) is 9.80 Å². The van der Waals surface area contributed by atoms with E-state index in [9.17, 15) is 4.79 Å². The van der Waals surface area contributed by atoms with E-state index in [-0.39, 0.29) is 6.03 Å². The SMILES string of the molecule is NC(=O)N1CCC(N2CCCC2)CC1. The van der Waals surface area contributed by atoms with Crippen molar-refractivity contribution >= 4 is 6.03 Å². The number of hydrogen-bond acceptors (Lipinski definition) is 2. The number of likely N-dealkylation sites (tertiary alicyclic amines) is 2. The fraction of sp³-hybridized carbons (Fsp3) is 0.900. The van der Waals surface area contributed by atoms with Crippen molar-refractivity contribution in [3.05, 3.63) is 0 Å². The molecule has 0 saturated carbocycles. The van der Waals surface area contributed by atoms with Crippen LogP contribution in [-0.2, 0) is 0 Å². The lowest BCUT2D eigenvalue weighted by Gasteiger charge is -2.35. The maximum atomic E-state index is 10.9. The maximum absolute atomic E-state index is 10.9. The van der Waals surface area contributed by atoms with E-state index in [4.69, 9.17) is 5.73 Å². The van der Waals surface area contributed by atoms with Gasteiger partial charge in [0.05, 0.1) is 0 Å². The number of urea groups is 1. The van der Waals surface area contributed by atoms with Gasteiger partial charge in [0.15, 0.2) is 0 Å². The first-order valence-corrected chi connectivity index (χ1v) is 5.56. The average Bonchev–Trinajstić information content (AvgIpc) is 2.71. The van der Waals surface area contributed by atoms with Crippen LogP contribution < -0.4 is 5.73 Å². The van der Waals surface area contributed by atoms with Gasteiger partial charge in [-0.3, -0.25) is 0 Å². The highest BCUT2D eigenvalue weighted by Gasteiger charge is 2.27. The molecule has 2 aliphatic heterocycles. The van der Waals surface area contributed by atoms with Crippen molar-refractivity contribution in [2.24, 2.45) is 5.73 Å². The van der Waals surface area contributed by atoms with Crippen molar-refractivity contribution in [2.45, 2.75) is 31.7 Å². The predicted molar refractivity (Wildman–Crippen MR) is 55.0 cm³/mol. The van der Waals surface area contributed by atoms with Gasteiger partial charge in [-0.15, -0.1) is 0 Å². The zero-order valence-electron chi connectivity index (χ0n) is 8.61. The molecular formula is C10H19N3O. The Morgan fingerprint density at radius 3 is 2.14 bits per heavy atom. The number of piperidine rings is 1. The summed E-state index contributed by atoms with van der Waals surface area (Å²) in [5.74, 6) is 0. The number of amides is 2. The molecule has 4 heteroatoms. The molecular weight excluding hydrogens is 178 g/mol. The van der Waals surface area contributed by atoms with Gasteiger partial charge in [-0.2, -0.15) is 0 Å². The third-order valence-corrected chi connectivity index (χ3v) is 3.43. The minimum absolute atomic E-state index is 0.259. The molecule has 2 heterocycles. The van der Waals surface area contributed by atoms with Gasteiger partial charge in [-0.1, -0.05) is 0 Å². The summed E-state index contributed by atoms with van der Waals surface area (Å²) in [4.78, 5) is 15.2. The first-order valence-electron chi connectivity index (χ1n) is 5.56. The summed E-state index contributed by atoms with van der Waals surface area (Å²) in [7, 11) is 0. The molecule has 4 nitrogen and oxygen atoms in total. The molecule has 14 heavy (non-hydrogen) atoms. The summed E-state index contributed by atoms with van der Waals surface area (Å²) in [6.07, 6.45) is 4.89. The zero-order chi connectivity index (χ0) is 9.97. The molecule has 0 bridgehead atoms. The number of rotatable bonds is 1. The van der Waals surface area contributed by atoms with Crippen LogP contribution in [0.5, 0.6) is 0 Å². The summed E-state index contributed by atoms with van der Waals surface area (Å²) < 4.78 is 0. The Morgan fingerprint density at radius 1 is 1.07 bits per heavy atom. The molecule has 2 rings (SSSR count). The first kappa shape index (κ1) is 9.77. The Morgan fingerprint density at radius 2 is 1.64 bits per heavy atom. The molecule has 2 aliphatic rings. The third-order valence-electron chi connectivity index (χ3n) is 3.43. The Balaban J connectivity index is 1.80. The number of carbonyl (C=O) groups is 1. The Hall–Kier alpha value is -0.770. The van der Waals surface area contributed by atoms with Crippen molar-refractivity contribution in [3.63, 3.8) is 0 Å². The molecule has 0 aliphatic carbocycles. The van der Waals surface area contributed by atoms with Gasteiger partial charge < -0.3 is 15.5 Å². The lowest BCUT2D eigenvalue weighted by molar-refractivity contribution is 0.138. The van der Waals surface area contributed by atoms with Crippen LogP contribution in [0.3, 0.4) is 0 Å². The van der Waals surface area contributed by atoms with Gasteiger partial charge in [-0.25, -0.2) is 4.79 Å². The Labute approximate surface area is 85.0 Å². The summed E-state index contributed by atoms with van der Waals surface area (Å²) >= 11 is 0. The minimum Gasteiger partial charge on any atom is -0.351 e. The second-order valence-electron chi connectivity index (χ2n) is 4.30. The van der Waals surface area contributed by atoms with Crippen LogP contribution in [0.2, 0.25) is 0 Å². The summed E-state index contributed by atoms with van der Waals surface area (Å²) in [6, 6.07) is 0.443. The van der Waals surface area contributed by atoms with Gasteiger partial charge >= 0.3 is 6.03 Å². The molecule has 0 atom stereocenters. The normalized spacial score (nSPS) is 25.6. The van der Waals surface area contributed by atoms with Gasteiger partial charge in [0.1, 0.15) is 0 Å². The van der Waals surface area contributed by atoms with E-state index in [0.29, 0.717) is 6.04 Å². The number of hydrogen-bond donors (Lipinski definition) is 1. The first-order chi connectivity index (χ1) is 6.77. The zero-order valence-corrected chi connectivity index (χ0v) is 8.61. The van der Waals surface area contributed by atoms with Crippen molar-refractivity contribution in [3.8, 4) is 0 Å². The van der Waals surface area contributed by atoms with E-state index in [1.54, 1.807) is 4.90 Å². The number of primary amides is 1. The van der Waals surface area contributed by atoms with Crippen LogP contribution in [0.4, 0.5) is 4.79 Å². The van der Waals surface area contributed by atoms with Crippen molar-refractivity contribution in [1.29, 1.82) is 0 Å². The molecule has 0 aromatic rings. The molecule has 0 radical (unpaired) electrons. The number of nitrogens with two attached hydrogens (primary N) is 1. The number of nitrogens with zero attached hydrogens (tertiary/aromatic N) is 2. The van der Waals surface area contributed by atoms with Crippen LogP contribution >= 0.6 is 0 Å². The predicted octanol–water partition coefficient (Wildman–Crippen LogP) is 0.625. The second-order valence-corrected chi connectivity index (χ2v) is 4.30. The van der Waals surface area contributed by atoms with Crippen LogP contribution in [0.15, 0.2) is 0 Å². The smallest absolute Gasteiger partial charge is 0.314 e. The van der Waals surface area contributed by atoms with Crippen LogP contribution in [-0.4, -0.2) is 48.1 Å². The van der Waals surface area contributed by atoms with Crippen LogP contribution in [0.1, 0.15) is 25.7 Å². The van der Waals surface area contributed by atoms with Gasteiger partial charge in [0, 0.05) is 19.1 Å². The molecule has 0 aromatic carbocycles. The monoisotopic (exact) mass is 197 g/mol. The lowest BCUT2D eigenvalue weighted by Crippen LogP contribution is -2.47. The molecule has 2 saturated heterocycles. The highest BCUT2D eigenvalue weighted by Crippen LogP contribution is 2.20. The maximum Gasteiger partial charge on any atom is 0.314 e. The van der Waals surface area contributed by atoms with Crippen molar-refractivity contribution < 1.29 is 4.79 Å². The summed E-state index contributed by atoms with van der Waals surface area (Å²) in [5, 5.41) is 0. The van der Waals surface area contributed by atoms with Gasteiger partial charge in [0.2, 0.25) is 0 Å². The highest BCUT2D eigenvalue weighted by atomic mass is 16.2. The fourth-order valence-electron chi connectivity index (χ4n) is 2.56. The van der Waals surface area contributed by atoms with E-state index < -0.39 is 0 Å². The van der Waals surface area contributed by atoms with Crippen LogP contribution in [0, 0.1) is 0 Å². The Bertz CT molecular complexity index is 205. The standard InChI is InChI=1S/C10H19N3O/c11-10(14)13-7-3-9(4-8-13)12-5-1-2-6-12/h9H,1-8H2,(H2,11,14). The van der Waals surface area contributed by atoms with E-state index in [1.807, 2.05) is 0 Å². The second kappa shape index (κ2) is 4.17. The molecule has 0 aromatic heterocycles. The van der Waals surface area contributed by atoms with E-state index in [0.717, 1.165) is 25.9 Å². The quantitative estimate of drug-likeness (QED) is 0.670. The van der Waals surface area contributed by atoms with Gasteiger partial charge in [-0.05, 0) is 38.8 Å². The largest absolute Gasteiger partial charge is 0.351 e. The van der Waals surface area contributed by atoms with E-state index in [2.05, 4.69) is 4.90 Å². The van der Waals surface area contributed by atoms with E-state index >= 15 is 0 Å². The average molecular weight is 197 g/mol. The fourth-order valence-corrected chi connectivity index (χ4v) is 2.56. The topological polar surface area (TPSA) is 49.6 Å². The summed E-state index contributed by atoms with van der Waals surface area (Å²) in [5.41, 5.74) is 5.24. The summed E-state index contributed by atoms with van der Waals surface area (Å²) in [6.45, 7) is 4.19. The van der Waals surface area contributed by atoms with E-state index in [1.165, 1.54) is 25.9 Å². The van der Waals surface area contributed by atoms with Crippen molar-refractivity contribution in [2.75, 3.05) is 26.2 Å². The molecule has 2 fully saturated rings. The molecule has 80 valence electrons. The Kier molecular flexibility index (Phi) is 2.91. The molecule has 2 amide bonds. The molecule has 0 unspecified atom stereocenters. The molecule has 0 spiro atoms.